The Morgan fingerprint density at radius 2 is 2.06 bits per heavy atom. The Labute approximate surface area is 92.7 Å². The van der Waals surface area contributed by atoms with E-state index in [1.165, 1.54) is 18.2 Å². The van der Waals surface area contributed by atoms with Crippen molar-refractivity contribution in [2.75, 3.05) is 5.32 Å². The van der Waals surface area contributed by atoms with E-state index in [0.29, 0.717) is 12.8 Å². The van der Waals surface area contributed by atoms with Crippen LogP contribution < -0.4 is 5.32 Å². The van der Waals surface area contributed by atoms with Gasteiger partial charge in [-0.3, -0.25) is 4.79 Å². The summed E-state index contributed by atoms with van der Waals surface area (Å²) in [5.41, 5.74) is 0.142. The van der Waals surface area contributed by atoms with Crippen molar-refractivity contribution in [3.05, 3.63) is 23.8 Å². The van der Waals surface area contributed by atoms with Gasteiger partial charge < -0.3 is 15.5 Å². The molecule has 0 spiro atoms. The van der Waals surface area contributed by atoms with Crippen LogP contribution in [0.15, 0.2) is 18.2 Å². The molecule has 16 heavy (non-hydrogen) atoms. The van der Waals surface area contributed by atoms with Crippen LogP contribution >= 0.6 is 0 Å². The molecule has 1 aromatic carbocycles. The zero-order valence-electron chi connectivity index (χ0n) is 8.86. The van der Waals surface area contributed by atoms with E-state index in [-0.39, 0.29) is 22.9 Å². The molecular weight excluding hydrogens is 210 g/mol. The van der Waals surface area contributed by atoms with Crippen molar-refractivity contribution >= 4 is 17.6 Å². The van der Waals surface area contributed by atoms with Crippen LogP contribution in [-0.4, -0.2) is 22.1 Å². The Morgan fingerprint density at radius 1 is 1.38 bits per heavy atom. The summed E-state index contributed by atoms with van der Waals surface area (Å²) in [5.74, 6) is -1.50. The molecule has 0 aliphatic carbocycles. The van der Waals surface area contributed by atoms with Gasteiger partial charge in [0, 0.05) is 6.42 Å². The highest BCUT2D eigenvalue weighted by Crippen LogP contribution is 2.24. The van der Waals surface area contributed by atoms with Gasteiger partial charge >= 0.3 is 5.97 Å². The molecule has 0 unspecified atom stereocenters. The van der Waals surface area contributed by atoms with E-state index in [0.717, 1.165) is 0 Å². The molecule has 1 aromatic rings. The summed E-state index contributed by atoms with van der Waals surface area (Å²) in [6.45, 7) is 1.85. The van der Waals surface area contributed by atoms with Crippen molar-refractivity contribution < 1.29 is 19.8 Å². The molecule has 0 atom stereocenters. The van der Waals surface area contributed by atoms with Gasteiger partial charge in [-0.25, -0.2) is 4.79 Å². The second kappa shape index (κ2) is 5.16. The summed E-state index contributed by atoms with van der Waals surface area (Å²) >= 11 is 0. The minimum Gasteiger partial charge on any atom is -0.506 e. The van der Waals surface area contributed by atoms with E-state index < -0.39 is 5.97 Å². The number of amides is 1. The number of phenolic OH excluding ortho intramolecular Hbond substituents is 1. The normalized spacial score (nSPS) is 9.81. The van der Waals surface area contributed by atoms with Crippen LogP contribution in [-0.2, 0) is 4.79 Å². The van der Waals surface area contributed by atoms with E-state index in [2.05, 4.69) is 5.32 Å². The third kappa shape index (κ3) is 2.98. The number of carbonyl (C=O) groups excluding carboxylic acids is 1. The lowest BCUT2D eigenvalue weighted by Crippen LogP contribution is -2.11. The Morgan fingerprint density at radius 3 is 2.62 bits per heavy atom. The van der Waals surface area contributed by atoms with Gasteiger partial charge in [-0.1, -0.05) is 6.92 Å². The largest absolute Gasteiger partial charge is 0.506 e. The topological polar surface area (TPSA) is 86.6 Å². The molecule has 0 heterocycles. The van der Waals surface area contributed by atoms with Crippen LogP contribution in [0.3, 0.4) is 0 Å². The van der Waals surface area contributed by atoms with Crippen molar-refractivity contribution in [2.24, 2.45) is 0 Å². The number of aromatic carboxylic acids is 1. The van der Waals surface area contributed by atoms with Crippen LogP contribution in [0, 0.1) is 0 Å². The average Bonchev–Trinajstić information content (AvgIpc) is 2.21. The zero-order valence-corrected chi connectivity index (χ0v) is 8.86. The van der Waals surface area contributed by atoms with Gasteiger partial charge in [0.05, 0.1) is 11.3 Å². The Hall–Kier alpha value is -2.04. The molecule has 0 aliphatic rings. The summed E-state index contributed by atoms with van der Waals surface area (Å²) in [6, 6.07) is 3.74. The number of carboxylic acid groups (broad SMARTS) is 1. The van der Waals surface area contributed by atoms with Gasteiger partial charge in [-0.2, -0.15) is 0 Å². The van der Waals surface area contributed by atoms with Crippen molar-refractivity contribution in [1.82, 2.24) is 0 Å². The summed E-state index contributed by atoms with van der Waals surface area (Å²) in [7, 11) is 0. The first kappa shape index (κ1) is 12.0. The molecule has 5 nitrogen and oxygen atoms in total. The third-order valence-corrected chi connectivity index (χ3v) is 1.99. The Balaban J connectivity index is 2.90. The highest BCUT2D eigenvalue weighted by molar-refractivity contribution is 5.95. The maximum Gasteiger partial charge on any atom is 0.335 e. The summed E-state index contributed by atoms with van der Waals surface area (Å²) in [5, 5.41) is 20.6. The average molecular weight is 223 g/mol. The fraction of sp³-hybridized carbons (Fsp3) is 0.273. The number of aromatic hydroxyl groups is 1. The molecule has 0 aromatic heterocycles. The van der Waals surface area contributed by atoms with E-state index in [1.807, 2.05) is 6.92 Å². The van der Waals surface area contributed by atoms with E-state index in [9.17, 15) is 14.7 Å². The number of phenols is 1. The van der Waals surface area contributed by atoms with E-state index in [4.69, 9.17) is 5.11 Å². The summed E-state index contributed by atoms with van der Waals surface area (Å²) in [6.07, 6.45) is 1.02. The van der Waals surface area contributed by atoms with Gasteiger partial charge in [0.1, 0.15) is 5.75 Å². The number of hydrogen-bond acceptors (Lipinski definition) is 3. The molecule has 0 radical (unpaired) electrons. The minimum absolute atomic E-state index is 0.0181. The predicted octanol–water partition coefficient (Wildman–Crippen LogP) is 1.83. The first-order valence-corrected chi connectivity index (χ1v) is 4.90. The molecule has 0 fully saturated rings. The highest BCUT2D eigenvalue weighted by atomic mass is 16.4. The number of anilines is 1. The van der Waals surface area contributed by atoms with Crippen LogP contribution in [0.4, 0.5) is 5.69 Å². The van der Waals surface area contributed by atoms with Crippen molar-refractivity contribution in [1.29, 1.82) is 0 Å². The number of carbonyl (C=O) groups is 2. The number of rotatable bonds is 4. The van der Waals surface area contributed by atoms with Gasteiger partial charge in [-0.05, 0) is 24.6 Å². The first-order chi connectivity index (χ1) is 7.54. The van der Waals surface area contributed by atoms with Crippen LogP contribution in [0.5, 0.6) is 5.75 Å². The van der Waals surface area contributed by atoms with Gasteiger partial charge in [0.25, 0.3) is 0 Å². The molecule has 86 valence electrons. The lowest BCUT2D eigenvalue weighted by molar-refractivity contribution is -0.116. The van der Waals surface area contributed by atoms with Crippen molar-refractivity contribution in [3.8, 4) is 5.75 Å². The maximum absolute atomic E-state index is 11.3. The van der Waals surface area contributed by atoms with Crippen LogP contribution in [0.1, 0.15) is 30.1 Å². The van der Waals surface area contributed by atoms with E-state index >= 15 is 0 Å². The monoisotopic (exact) mass is 223 g/mol. The molecular formula is C11H13NO4. The molecule has 1 amide bonds. The Bertz CT molecular complexity index is 414. The molecule has 3 N–H and O–H groups in total. The smallest absolute Gasteiger partial charge is 0.335 e. The number of carboxylic acids is 1. The fourth-order valence-corrected chi connectivity index (χ4v) is 1.21. The van der Waals surface area contributed by atoms with E-state index in [1.54, 1.807) is 0 Å². The molecule has 0 aliphatic heterocycles. The van der Waals surface area contributed by atoms with Crippen molar-refractivity contribution in [2.45, 2.75) is 19.8 Å². The van der Waals surface area contributed by atoms with Gasteiger partial charge in [0.2, 0.25) is 5.91 Å². The summed E-state index contributed by atoms with van der Waals surface area (Å²) < 4.78 is 0. The highest BCUT2D eigenvalue weighted by Gasteiger charge is 2.09. The van der Waals surface area contributed by atoms with Gasteiger partial charge in [0.15, 0.2) is 0 Å². The Kier molecular flexibility index (Phi) is 3.88. The molecule has 0 bridgehead atoms. The molecule has 5 heteroatoms. The lowest BCUT2D eigenvalue weighted by atomic mass is 10.2. The van der Waals surface area contributed by atoms with Crippen LogP contribution in [0.2, 0.25) is 0 Å². The number of benzene rings is 1. The van der Waals surface area contributed by atoms with Crippen molar-refractivity contribution in [3.63, 3.8) is 0 Å². The predicted molar refractivity (Wildman–Crippen MR) is 58.6 cm³/mol. The minimum atomic E-state index is -1.11. The zero-order chi connectivity index (χ0) is 12.1. The number of hydrogen-bond donors (Lipinski definition) is 3. The molecule has 0 saturated heterocycles. The standard InChI is InChI=1S/C11H13NO4/c1-2-3-10(14)12-8-6-7(11(15)16)4-5-9(8)13/h4-6,13H,2-3H2,1H3,(H,12,14)(H,15,16). The third-order valence-electron chi connectivity index (χ3n) is 1.99. The SMILES string of the molecule is CCCC(=O)Nc1cc(C(=O)O)ccc1O. The molecule has 1 rings (SSSR count). The number of nitrogens with one attached hydrogen (secondary N) is 1. The maximum atomic E-state index is 11.3. The van der Waals surface area contributed by atoms with Crippen LogP contribution in [0.25, 0.3) is 0 Å². The second-order valence-electron chi connectivity index (χ2n) is 3.34. The lowest BCUT2D eigenvalue weighted by Gasteiger charge is -2.07. The quantitative estimate of drug-likeness (QED) is 0.679. The first-order valence-electron chi connectivity index (χ1n) is 4.90. The molecule has 0 saturated carbocycles. The summed E-state index contributed by atoms with van der Waals surface area (Å²) in [4.78, 5) is 22.0. The second-order valence-corrected chi connectivity index (χ2v) is 3.34. The fourth-order valence-electron chi connectivity index (χ4n) is 1.21. The van der Waals surface area contributed by atoms with Gasteiger partial charge in [-0.15, -0.1) is 0 Å².